The highest BCUT2D eigenvalue weighted by Crippen LogP contribution is 2.39. The molecule has 4 nitrogen and oxygen atoms in total. The van der Waals surface area contributed by atoms with Crippen molar-refractivity contribution in [1.29, 1.82) is 0 Å². The molecule has 1 aliphatic carbocycles. The van der Waals surface area contributed by atoms with Gasteiger partial charge in [0.2, 0.25) is 0 Å². The second-order valence-corrected chi connectivity index (χ2v) is 4.93. The molecule has 2 rings (SSSR count). The highest BCUT2D eigenvalue weighted by Gasteiger charge is 2.38. The fraction of sp³-hybridized carbons (Fsp3) is 0.769. The standard InChI is InChI=1S/C13H22N2O2/c1-3-15-8-7-14-12(15)9-11(16)10-13(17-2)5-4-6-13/h7-8,11,16H,3-6,9-10H2,1-2H3. The molecule has 1 N–H and O–H groups in total. The summed E-state index contributed by atoms with van der Waals surface area (Å²) < 4.78 is 7.61. The summed E-state index contributed by atoms with van der Waals surface area (Å²) in [5.41, 5.74) is -0.0664. The highest BCUT2D eigenvalue weighted by molar-refractivity contribution is 4.97. The fourth-order valence-electron chi connectivity index (χ4n) is 2.59. The van der Waals surface area contributed by atoms with Crippen molar-refractivity contribution in [2.75, 3.05) is 7.11 Å². The number of ether oxygens (including phenoxy) is 1. The van der Waals surface area contributed by atoms with Gasteiger partial charge in [0.25, 0.3) is 0 Å². The van der Waals surface area contributed by atoms with Crippen LogP contribution in [0.5, 0.6) is 0 Å². The van der Waals surface area contributed by atoms with Gasteiger partial charge in [-0.1, -0.05) is 0 Å². The Labute approximate surface area is 103 Å². The van der Waals surface area contributed by atoms with E-state index in [0.717, 1.165) is 31.6 Å². The highest BCUT2D eigenvalue weighted by atomic mass is 16.5. The van der Waals surface area contributed by atoms with Crippen molar-refractivity contribution < 1.29 is 9.84 Å². The molecule has 0 amide bonds. The van der Waals surface area contributed by atoms with E-state index in [-0.39, 0.29) is 11.7 Å². The molecule has 1 aromatic rings. The van der Waals surface area contributed by atoms with E-state index in [0.29, 0.717) is 6.42 Å². The molecule has 0 spiro atoms. The lowest BCUT2D eigenvalue weighted by Crippen LogP contribution is -2.42. The molecule has 1 aromatic heterocycles. The van der Waals surface area contributed by atoms with Gasteiger partial charge in [-0.05, 0) is 26.2 Å². The third-order valence-electron chi connectivity index (χ3n) is 3.87. The van der Waals surface area contributed by atoms with Gasteiger partial charge in [-0.3, -0.25) is 0 Å². The summed E-state index contributed by atoms with van der Waals surface area (Å²) in [5, 5.41) is 10.1. The summed E-state index contributed by atoms with van der Waals surface area (Å²) in [5.74, 6) is 0.963. The Morgan fingerprint density at radius 2 is 2.35 bits per heavy atom. The van der Waals surface area contributed by atoms with E-state index in [2.05, 4.69) is 16.5 Å². The molecule has 96 valence electrons. The van der Waals surface area contributed by atoms with Gasteiger partial charge in [0.15, 0.2) is 0 Å². The van der Waals surface area contributed by atoms with Crippen LogP contribution in [0.15, 0.2) is 12.4 Å². The van der Waals surface area contributed by atoms with Crippen LogP contribution < -0.4 is 0 Å². The predicted molar refractivity (Wildman–Crippen MR) is 65.8 cm³/mol. The summed E-state index contributed by atoms with van der Waals surface area (Å²) in [6, 6.07) is 0. The lowest BCUT2D eigenvalue weighted by atomic mass is 9.76. The first kappa shape index (κ1) is 12.6. The first-order valence-corrected chi connectivity index (χ1v) is 6.42. The second kappa shape index (κ2) is 5.19. The molecule has 0 radical (unpaired) electrons. The van der Waals surface area contributed by atoms with E-state index in [9.17, 15) is 5.11 Å². The van der Waals surface area contributed by atoms with Crippen molar-refractivity contribution in [2.45, 2.75) is 57.3 Å². The quantitative estimate of drug-likeness (QED) is 0.821. The number of imidazole rings is 1. The Bertz CT molecular complexity index is 353. The van der Waals surface area contributed by atoms with Crippen LogP contribution >= 0.6 is 0 Å². The van der Waals surface area contributed by atoms with Gasteiger partial charge < -0.3 is 14.4 Å². The van der Waals surface area contributed by atoms with Crippen molar-refractivity contribution in [3.05, 3.63) is 18.2 Å². The van der Waals surface area contributed by atoms with Crippen molar-refractivity contribution in [3.8, 4) is 0 Å². The maximum absolute atomic E-state index is 10.1. The molecule has 1 atom stereocenters. The summed E-state index contributed by atoms with van der Waals surface area (Å²) in [4.78, 5) is 4.29. The molecule has 0 saturated heterocycles. The van der Waals surface area contributed by atoms with E-state index >= 15 is 0 Å². The molecule has 1 saturated carbocycles. The van der Waals surface area contributed by atoms with Crippen molar-refractivity contribution >= 4 is 0 Å². The van der Waals surface area contributed by atoms with E-state index in [1.54, 1.807) is 13.3 Å². The number of aromatic nitrogens is 2. The summed E-state index contributed by atoms with van der Waals surface area (Å²) >= 11 is 0. The van der Waals surface area contributed by atoms with Crippen LogP contribution in [0.1, 0.15) is 38.4 Å². The maximum atomic E-state index is 10.1. The zero-order chi connectivity index (χ0) is 12.3. The average Bonchev–Trinajstić information content (AvgIpc) is 2.70. The number of nitrogens with zero attached hydrogens (tertiary/aromatic N) is 2. The molecule has 17 heavy (non-hydrogen) atoms. The van der Waals surface area contributed by atoms with Crippen LogP contribution in [0, 0.1) is 0 Å². The van der Waals surface area contributed by atoms with Gasteiger partial charge in [0.1, 0.15) is 5.82 Å². The van der Waals surface area contributed by atoms with Crippen molar-refractivity contribution in [1.82, 2.24) is 9.55 Å². The van der Waals surface area contributed by atoms with E-state index in [4.69, 9.17) is 4.74 Å². The SMILES string of the molecule is CCn1ccnc1CC(O)CC1(OC)CCC1. The number of aryl methyl sites for hydroxylation is 1. The summed E-state index contributed by atoms with van der Waals surface area (Å²) in [6.07, 6.45) is 8.09. The molecule has 0 aliphatic heterocycles. The monoisotopic (exact) mass is 238 g/mol. The second-order valence-electron chi connectivity index (χ2n) is 4.93. The van der Waals surface area contributed by atoms with Crippen LogP contribution in [0.25, 0.3) is 0 Å². The molecule has 0 aromatic carbocycles. The zero-order valence-corrected chi connectivity index (χ0v) is 10.7. The van der Waals surface area contributed by atoms with E-state index in [1.807, 2.05) is 6.20 Å². The average molecular weight is 238 g/mol. The first-order chi connectivity index (χ1) is 8.19. The van der Waals surface area contributed by atoms with Gasteiger partial charge >= 0.3 is 0 Å². The van der Waals surface area contributed by atoms with Gasteiger partial charge in [0, 0.05) is 38.9 Å². The first-order valence-electron chi connectivity index (χ1n) is 6.42. The number of methoxy groups -OCH3 is 1. The third kappa shape index (κ3) is 2.69. The molecule has 4 heteroatoms. The molecule has 1 heterocycles. The smallest absolute Gasteiger partial charge is 0.111 e. The normalized spacial score (nSPS) is 19.9. The van der Waals surface area contributed by atoms with Gasteiger partial charge in [-0.25, -0.2) is 4.98 Å². The van der Waals surface area contributed by atoms with Gasteiger partial charge in [-0.2, -0.15) is 0 Å². The van der Waals surface area contributed by atoms with Crippen LogP contribution in [0.2, 0.25) is 0 Å². The van der Waals surface area contributed by atoms with E-state index in [1.165, 1.54) is 6.42 Å². The summed E-state index contributed by atoms with van der Waals surface area (Å²) in [7, 11) is 1.75. The zero-order valence-electron chi connectivity index (χ0n) is 10.7. The number of hydrogen-bond acceptors (Lipinski definition) is 3. The minimum absolute atomic E-state index is 0.0664. The minimum Gasteiger partial charge on any atom is -0.393 e. The summed E-state index contributed by atoms with van der Waals surface area (Å²) in [6.45, 7) is 2.98. The molecular formula is C13H22N2O2. The number of aliphatic hydroxyl groups excluding tert-OH is 1. The molecule has 1 unspecified atom stereocenters. The van der Waals surface area contributed by atoms with Gasteiger partial charge in [0.05, 0.1) is 11.7 Å². The topological polar surface area (TPSA) is 47.3 Å². The van der Waals surface area contributed by atoms with E-state index < -0.39 is 0 Å². The number of aliphatic hydroxyl groups is 1. The van der Waals surface area contributed by atoms with Crippen LogP contribution in [0.3, 0.4) is 0 Å². The lowest BCUT2D eigenvalue weighted by Gasteiger charge is -2.41. The fourth-order valence-corrected chi connectivity index (χ4v) is 2.59. The molecule has 1 fully saturated rings. The van der Waals surface area contributed by atoms with Crippen LogP contribution in [0.4, 0.5) is 0 Å². The molecule has 1 aliphatic rings. The predicted octanol–water partition coefficient (Wildman–Crippen LogP) is 1.77. The largest absolute Gasteiger partial charge is 0.393 e. The third-order valence-corrected chi connectivity index (χ3v) is 3.87. The van der Waals surface area contributed by atoms with Gasteiger partial charge in [-0.15, -0.1) is 0 Å². The van der Waals surface area contributed by atoms with Crippen molar-refractivity contribution in [3.63, 3.8) is 0 Å². The Kier molecular flexibility index (Phi) is 3.84. The minimum atomic E-state index is -0.358. The Balaban J connectivity index is 1.90. The molecule has 0 bridgehead atoms. The number of hydrogen-bond donors (Lipinski definition) is 1. The Hall–Kier alpha value is -0.870. The number of rotatable bonds is 6. The maximum Gasteiger partial charge on any atom is 0.111 e. The van der Waals surface area contributed by atoms with Crippen LogP contribution in [-0.2, 0) is 17.7 Å². The Morgan fingerprint density at radius 3 is 2.88 bits per heavy atom. The lowest BCUT2D eigenvalue weighted by molar-refractivity contribution is -0.0991. The Morgan fingerprint density at radius 1 is 1.59 bits per heavy atom. The van der Waals surface area contributed by atoms with Crippen molar-refractivity contribution in [2.24, 2.45) is 0 Å². The molecular weight excluding hydrogens is 216 g/mol. The van der Waals surface area contributed by atoms with Crippen LogP contribution in [-0.4, -0.2) is 33.5 Å².